The first-order valence-electron chi connectivity index (χ1n) is 5.81. The van der Waals surface area contributed by atoms with E-state index < -0.39 is 0 Å². The summed E-state index contributed by atoms with van der Waals surface area (Å²) in [6.45, 7) is 7.12. The van der Waals surface area contributed by atoms with Crippen molar-refractivity contribution in [2.24, 2.45) is 5.73 Å². The van der Waals surface area contributed by atoms with E-state index in [1.165, 1.54) is 11.1 Å². The molecule has 0 spiro atoms. The molecule has 0 amide bonds. The molecule has 0 saturated heterocycles. The number of nitrogens with zero attached hydrogens (tertiary/aromatic N) is 2. The standard InChI is InChI=1S/C13H19N3/c1-9(2)13-15-11(6-7-14)12-10(3)5-4-8-16(12)13/h4-5,8-9H,6-7,14H2,1-3H3. The Morgan fingerprint density at radius 3 is 2.81 bits per heavy atom. The Labute approximate surface area is 96.3 Å². The van der Waals surface area contributed by atoms with E-state index >= 15 is 0 Å². The zero-order valence-corrected chi connectivity index (χ0v) is 10.2. The summed E-state index contributed by atoms with van der Waals surface area (Å²) in [6.07, 6.45) is 2.94. The second kappa shape index (κ2) is 4.26. The highest BCUT2D eigenvalue weighted by Crippen LogP contribution is 2.22. The molecule has 0 aliphatic carbocycles. The van der Waals surface area contributed by atoms with Crippen molar-refractivity contribution in [3.8, 4) is 0 Å². The number of imidazole rings is 1. The van der Waals surface area contributed by atoms with Gasteiger partial charge in [-0.1, -0.05) is 19.9 Å². The second-order valence-electron chi connectivity index (χ2n) is 4.52. The Balaban J connectivity index is 2.71. The van der Waals surface area contributed by atoms with Gasteiger partial charge in [0, 0.05) is 18.5 Å². The predicted molar refractivity (Wildman–Crippen MR) is 66.8 cm³/mol. The van der Waals surface area contributed by atoms with Gasteiger partial charge in [-0.25, -0.2) is 4.98 Å². The Morgan fingerprint density at radius 2 is 2.19 bits per heavy atom. The summed E-state index contributed by atoms with van der Waals surface area (Å²) in [5, 5.41) is 0. The van der Waals surface area contributed by atoms with Crippen molar-refractivity contribution in [1.82, 2.24) is 9.38 Å². The van der Waals surface area contributed by atoms with Gasteiger partial charge < -0.3 is 10.1 Å². The highest BCUT2D eigenvalue weighted by atomic mass is 15.0. The molecule has 16 heavy (non-hydrogen) atoms. The van der Waals surface area contributed by atoms with Gasteiger partial charge in [0.15, 0.2) is 0 Å². The number of hydrogen-bond acceptors (Lipinski definition) is 2. The molecular weight excluding hydrogens is 198 g/mol. The summed E-state index contributed by atoms with van der Waals surface area (Å²) in [6, 6.07) is 4.20. The fraction of sp³-hybridized carbons (Fsp3) is 0.462. The van der Waals surface area contributed by atoms with Crippen LogP contribution in [0, 0.1) is 6.92 Å². The smallest absolute Gasteiger partial charge is 0.116 e. The predicted octanol–water partition coefficient (Wildman–Crippen LogP) is 2.27. The van der Waals surface area contributed by atoms with Gasteiger partial charge in [0.2, 0.25) is 0 Å². The van der Waals surface area contributed by atoms with Crippen LogP contribution in [0.15, 0.2) is 18.3 Å². The molecule has 0 unspecified atom stereocenters. The molecule has 2 heterocycles. The highest BCUT2D eigenvalue weighted by molar-refractivity contribution is 5.59. The van der Waals surface area contributed by atoms with Gasteiger partial charge >= 0.3 is 0 Å². The Kier molecular flexibility index (Phi) is 2.97. The average molecular weight is 217 g/mol. The first-order valence-corrected chi connectivity index (χ1v) is 5.81. The van der Waals surface area contributed by atoms with Gasteiger partial charge in [0.05, 0.1) is 11.2 Å². The number of pyridine rings is 1. The third kappa shape index (κ3) is 1.71. The van der Waals surface area contributed by atoms with Crippen molar-refractivity contribution in [3.63, 3.8) is 0 Å². The normalized spacial score (nSPS) is 11.6. The number of rotatable bonds is 3. The number of fused-ring (bicyclic) bond motifs is 1. The third-order valence-electron chi connectivity index (χ3n) is 2.86. The van der Waals surface area contributed by atoms with Gasteiger partial charge in [-0.2, -0.15) is 0 Å². The van der Waals surface area contributed by atoms with E-state index in [1.807, 2.05) is 0 Å². The maximum absolute atomic E-state index is 5.64. The van der Waals surface area contributed by atoms with Gasteiger partial charge in [-0.05, 0) is 25.1 Å². The van der Waals surface area contributed by atoms with Crippen LogP contribution in [-0.4, -0.2) is 15.9 Å². The number of hydrogen-bond donors (Lipinski definition) is 1. The van der Waals surface area contributed by atoms with Crippen molar-refractivity contribution in [1.29, 1.82) is 0 Å². The van der Waals surface area contributed by atoms with Crippen LogP contribution in [0.2, 0.25) is 0 Å². The molecule has 2 aromatic rings. The molecule has 3 heteroatoms. The SMILES string of the molecule is Cc1cccn2c(C(C)C)nc(CCN)c12. The fourth-order valence-corrected chi connectivity index (χ4v) is 2.14. The van der Waals surface area contributed by atoms with Crippen molar-refractivity contribution in [2.75, 3.05) is 6.54 Å². The maximum atomic E-state index is 5.64. The van der Waals surface area contributed by atoms with Gasteiger partial charge in [0.25, 0.3) is 0 Å². The topological polar surface area (TPSA) is 43.3 Å². The van der Waals surface area contributed by atoms with E-state index in [0.29, 0.717) is 12.5 Å². The largest absolute Gasteiger partial charge is 0.330 e. The minimum Gasteiger partial charge on any atom is -0.330 e. The van der Waals surface area contributed by atoms with Crippen LogP contribution in [-0.2, 0) is 6.42 Å². The maximum Gasteiger partial charge on any atom is 0.116 e. The van der Waals surface area contributed by atoms with Crippen LogP contribution in [0.25, 0.3) is 5.52 Å². The van der Waals surface area contributed by atoms with E-state index in [4.69, 9.17) is 10.7 Å². The summed E-state index contributed by atoms with van der Waals surface area (Å²) in [4.78, 5) is 4.72. The van der Waals surface area contributed by atoms with Gasteiger partial charge in [-0.3, -0.25) is 0 Å². The second-order valence-corrected chi connectivity index (χ2v) is 4.52. The monoisotopic (exact) mass is 217 g/mol. The van der Waals surface area contributed by atoms with Crippen molar-refractivity contribution in [2.45, 2.75) is 33.1 Å². The first kappa shape index (κ1) is 11.1. The summed E-state index contributed by atoms with van der Waals surface area (Å²) >= 11 is 0. The van der Waals surface area contributed by atoms with E-state index in [9.17, 15) is 0 Å². The van der Waals surface area contributed by atoms with E-state index in [2.05, 4.69) is 43.5 Å². The molecular formula is C13H19N3. The van der Waals surface area contributed by atoms with Crippen LogP contribution in [0.5, 0.6) is 0 Å². The van der Waals surface area contributed by atoms with Crippen LogP contribution >= 0.6 is 0 Å². The molecule has 86 valence electrons. The van der Waals surface area contributed by atoms with Crippen LogP contribution < -0.4 is 5.73 Å². The van der Waals surface area contributed by atoms with Crippen LogP contribution in [0.3, 0.4) is 0 Å². The number of nitrogens with two attached hydrogens (primary N) is 1. The molecule has 0 aliphatic heterocycles. The summed E-state index contributed by atoms with van der Waals surface area (Å²) in [5.41, 5.74) is 9.27. The molecule has 0 radical (unpaired) electrons. The van der Waals surface area contributed by atoms with Gasteiger partial charge in [-0.15, -0.1) is 0 Å². The average Bonchev–Trinajstić information content (AvgIpc) is 2.59. The molecule has 0 saturated carbocycles. The van der Waals surface area contributed by atoms with Crippen molar-refractivity contribution < 1.29 is 0 Å². The van der Waals surface area contributed by atoms with E-state index in [1.54, 1.807) is 0 Å². The lowest BCUT2D eigenvalue weighted by Gasteiger charge is -2.04. The summed E-state index contributed by atoms with van der Waals surface area (Å²) in [7, 11) is 0. The molecule has 0 aromatic carbocycles. The zero-order chi connectivity index (χ0) is 11.7. The van der Waals surface area contributed by atoms with Crippen molar-refractivity contribution in [3.05, 3.63) is 35.4 Å². The van der Waals surface area contributed by atoms with Crippen molar-refractivity contribution >= 4 is 5.52 Å². The Morgan fingerprint density at radius 1 is 1.44 bits per heavy atom. The number of aryl methyl sites for hydroxylation is 1. The summed E-state index contributed by atoms with van der Waals surface area (Å²) in [5.74, 6) is 1.56. The fourth-order valence-electron chi connectivity index (χ4n) is 2.14. The lowest BCUT2D eigenvalue weighted by molar-refractivity contribution is 0.764. The third-order valence-corrected chi connectivity index (χ3v) is 2.86. The molecule has 2 aromatic heterocycles. The van der Waals surface area contributed by atoms with Crippen LogP contribution in [0.1, 0.15) is 36.8 Å². The van der Waals surface area contributed by atoms with E-state index in [0.717, 1.165) is 17.9 Å². The Bertz CT molecular complexity index is 497. The Hall–Kier alpha value is -1.35. The molecule has 0 fully saturated rings. The molecule has 2 N–H and O–H groups in total. The zero-order valence-electron chi connectivity index (χ0n) is 10.2. The molecule has 2 rings (SSSR count). The quantitative estimate of drug-likeness (QED) is 0.857. The first-order chi connectivity index (χ1) is 7.65. The van der Waals surface area contributed by atoms with Crippen LogP contribution in [0.4, 0.5) is 0 Å². The lowest BCUT2D eigenvalue weighted by atomic mass is 10.2. The molecule has 0 bridgehead atoms. The lowest BCUT2D eigenvalue weighted by Crippen LogP contribution is -2.03. The minimum atomic E-state index is 0.431. The molecule has 0 atom stereocenters. The minimum absolute atomic E-state index is 0.431. The number of aromatic nitrogens is 2. The molecule has 0 aliphatic rings. The molecule has 3 nitrogen and oxygen atoms in total. The highest BCUT2D eigenvalue weighted by Gasteiger charge is 2.14. The van der Waals surface area contributed by atoms with E-state index in [-0.39, 0.29) is 0 Å². The van der Waals surface area contributed by atoms with Gasteiger partial charge in [0.1, 0.15) is 5.82 Å². The summed E-state index contributed by atoms with van der Waals surface area (Å²) < 4.78 is 2.20.